The number of morpholine rings is 1. The van der Waals surface area contributed by atoms with Crippen molar-refractivity contribution in [2.75, 3.05) is 19.7 Å². The minimum atomic E-state index is -0.549. The fourth-order valence-electron chi connectivity index (χ4n) is 2.73. The highest BCUT2D eigenvalue weighted by molar-refractivity contribution is 6.35. The van der Waals surface area contributed by atoms with Gasteiger partial charge in [0.2, 0.25) is 5.91 Å². The van der Waals surface area contributed by atoms with Crippen LogP contribution >= 0.6 is 23.2 Å². The van der Waals surface area contributed by atoms with Crippen LogP contribution in [0.25, 0.3) is 0 Å². The highest BCUT2D eigenvalue weighted by Crippen LogP contribution is 2.32. The van der Waals surface area contributed by atoms with Gasteiger partial charge in [-0.25, -0.2) is 4.39 Å². The van der Waals surface area contributed by atoms with Gasteiger partial charge in [-0.05, 0) is 17.7 Å². The van der Waals surface area contributed by atoms with Crippen LogP contribution in [0.2, 0.25) is 10.0 Å². The van der Waals surface area contributed by atoms with E-state index in [9.17, 15) is 9.18 Å². The Kier molecular flexibility index (Phi) is 5.39. The van der Waals surface area contributed by atoms with E-state index in [2.05, 4.69) is 0 Å². The summed E-state index contributed by atoms with van der Waals surface area (Å²) in [6.45, 7) is 1.23. The normalized spacial score (nSPS) is 17.8. The van der Waals surface area contributed by atoms with Crippen molar-refractivity contribution in [3.05, 3.63) is 69.5 Å². The molecular weight excluding hydrogens is 352 g/mol. The molecule has 1 aliphatic rings. The summed E-state index contributed by atoms with van der Waals surface area (Å²) in [6, 6.07) is 12.2. The van der Waals surface area contributed by atoms with Crippen molar-refractivity contribution in [1.29, 1.82) is 0 Å². The quantitative estimate of drug-likeness (QED) is 0.757. The van der Waals surface area contributed by atoms with E-state index in [1.165, 1.54) is 12.1 Å². The van der Waals surface area contributed by atoms with E-state index >= 15 is 0 Å². The standard InChI is InChI=1S/C18H16Cl2FNO2/c19-14-10-15(20)16(21)9-13(14)17-11-22(6-7-24-17)18(23)8-12-4-2-1-3-5-12/h1-5,9-10,17H,6-8,11H2. The minimum Gasteiger partial charge on any atom is -0.370 e. The molecule has 2 aromatic carbocycles. The number of nitrogens with zero attached hydrogens (tertiary/aromatic N) is 1. The smallest absolute Gasteiger partial charge is 0.227 e. The summed E-state index contributed by atoms with van der Waals surface area (Å²) in [5, 5.41) is 0.306. The Morgan fingerprint density at radius 2 is 1.96 bits per heavy atom. The largest absolute Gasteiger partial charge is 0.370 e. The Bertz CT molecular complexity index is 739. The molecule has 1 unspecified atom stereocenters. The zero-order chi connectivity index (χ0) is 17.1. The lowest BCUT2D eigenvalue weighted by Crippen LogP contribution is -2.43. The molecule has 0 N–H and O–H groups in total. The average molecular weight is 368 g/mol. The van der Waals surface area contributed by atoms with Crippen LogP contribution in [-0.4, -0.2) is 30.5 Å². The van der Waals surface area contributed by atoms with Gasteiger partial charge in [0.25, 0.3) is 0 Å². The van der Waals surface area contributed by atoms with Gasteiger partial charge in [0.05, 0.1) is 24.6 Å². The van der Waals surface area contributed by atoms with Crippen LogP contribution in [-0.2, 0) is 16.0 Å². The van der Waals surface area contributed by atoms with E-state index < -0.39 is 11.9 Å². The first-order valence-electron chi connectivity index (χ1n) is 7.62. The monoisotopic (exact) mass is 367 g/mol. The van der Waals surface area contributed by atoms with Crippen molar-refractivity contribution in [1.82, 2.24) is 4.90 Å². The van der Waals surface area contributed by atoms with Crippen molar-refractivity contribution in [2.24, 2.45) is 0 Å². The van der Waals surface area contributed by atoms with Crippen molar-refractivity contribution in [2.45, 2.75) is 12.5 Å². The van der Waals surface area contributed by atoms with Crippen LogP contribution in [0.3, 0.4) is 0 Å². The molecular formula is C18H16Cl2FNO2. The molecule has 0 bridgehead atoms. The van der Waals surface area contributed by atoms with Crippen molar-refractivity contribution >= 4 is 29.1 Å². The number of ether oxygens (including phenoxy) is 1. The maximum atomic E-state index is 13.7. The van der Waals surface area contributed by atoms with Crippen LogP contribution in [0.4, 0.5) is 4.39 Å². The molecule has 0 saturated carbocycles. The van der Waals surface area contributed by atoms with Gasteiger partial charge in [-0.1, -0.05) is 53.5 Å². The van der Waals surface area contributed by atoms with Gasteiger partial charge in [0, 0.05) is 17.1 Å². The lowest BCUT2D eigenvalue weighted by Gasteiger charge is -2.33. The van der Waals surface area contributed by atoms with Gasteiger partial charge < -0.3 is 9.64 Å². The van der Waals surface area contributed by atoms with Gasteiger partial charge in [0.1, 0.15) is 11.9 Å². The Morgan fingerprint density at radius 1 is 1.21 bits per heavy atom. The summed E-state index contributed by atoms with van der Waals surface area (Å²) in [4.78, 5) is 14.2. The first kappa shape index (κ1) is 17.2. The SMILES string of the molecule is O=C(Cc1ccccc1)N1CCOC(c2cc(F)c(Cl)cc2Cl)C1. The number of amides is 1. The molecule has 1 amide bonds. The summed E-state index contributed by atoms with van der Waals surface area (Å²) in [5.41, 5.74) is 1.47. The molecule has 1 saturated heterocycles. The number of carbonyl (C=O) groups excluding carboxylic acids is 1. The summed E-state index contributed by atoms with van der Waals surface area (Å²) >= 11 is 11.9. The second-order valence-electron chi connectivity index (χ2n) is 5.65. The van der Waals surface area contributed by atoms with E-state index in [0.717, 1.165) is 5.56 Å². The number of carbonyl (C=O) groups is 1. The number of halogens is 3. The molecule has 1 heterocycles. The zero-order valence-electron chi connectivity index (χ0n) is 12.8. The van der Waals surface area contributed by atoms with Gasteiger partial charge in [0.15, 0.2) is 0 Å². The average Bonchev–Trinajstić information content (AvgIpc) is 2.59. The zero-order valence-corrected chi connectivity index (χ0v) is 14.4. The third-order valence-electron chi connectivity index (χ3n) is 4.00. The highest BCUT2D eigenvalue weighted by Gasteiger charge is 2.27. The van der Waals surface area contributed by atoms with E-state index in [0.29, 0.717) is 36.7 Å². The lowest BCUT2D eigenvalue weighted by molar-refractivity contribution is -0.138. The van der Waals surface area contributed by atoms with E-state index in [1.807, 2.05) is 30.3 Å². The highest BCUT2D eigenvalue weighted by atomic mass is 35.5. The molecule has 0 aromatic heterocycles. The van der Waals surface area contributed by atoms with E-state index in [4.69, 9.17) is 27.9 Å². The fourth-order valence-corrected chi connectivity index (χ4v) is 3.24. The molecule has 0 radical (unpaired) electrons. The minimum absolute atomic E-state index is 0.0139. The first-order valence-corrected chi connectivity index (χ1v) is 8.38. The maximum absolute atomic E-state index is 13.7. The van der Waals surface area contributed by atoms with Crippen LogP contribution in [0, 0.1) is 5.82 Å². The van der Waals surface area contributed by atoms with Crippen molar-refractivity contribution in [3.63, 3.8) is 0 Å². The van der Waals surface area contributed by atoms with Crippen molar-refractivity contribution in [3.8, 4) is 0 Å². The fraction of sp³-hybridized carbons (Fsp3) is 0.278. The number of hydrogen-bond donors (Lipinski definition) is 0. The Labute approximate surface area is 149 Å². The van der Waals surface area contributed by atoms with E-state index in [1.54, 1.807) is 4.90 Å². The molecule has 1 fully saturated rings. The van der Waals surface area contributed by atoms with Gasteiger partial charge in [-0.3, -0.25) is 4.79 Å². The summed E-state index contributed by atoms with van der Waals surface area (Å²) in [5.74, 6) is -0.535. The summed E-state index contributed by atoms with van der Waals surface area (Å²) in [7, 11) is 0. The topological polar surface area (TPSA) is 29.5 Å². The second-order valence-corrected chi connectivity index (χ2v) is 6.46. The molecule has 0 spiro atoms. The second kappa shape index (κ2) is 7.51. The van der Waals surface area contributed by atoms with E-state index in [-0.39, 0.29) is 10.9 Å². The molecule has 1 atom stereocenters. The molecule has 126 valence electrons. The molecule has 3 rings (SSSR count). The third kappa shape index (κ3) is 3.89. The Balaban J connectivity index is 1.72. The molecule has 24 heavy (non-hydrogen) atoms. The molecule has 3 nitrogen and oxygen atoms in total. The molecule has 0 aliphatic carbocycles. The molecule has 1 aliphatic heterocycles. The Hall–Kier alpha value is -1.62. The number of rotatable bonds is 3. The number of benzene rings is 2. The van der Waals surface area contributed by atoms with Crippen LogP contribution < -0.4 is 0 Å². The lowest BCUT2D eigenvalue weighted by atomic mass is 10.1. The summed E-state index contributed by atoms with van der Waals surface area (Å²) < 4.78 is 19.4. The van der Waals surface area contributed by atoms with Gasteiger partial charge >= 0.3 is 0 Å². The Morgan fingerprint density at radius 3 is 2.71 bits per heavy atom. The third-order valence-corrected chi connectivity index (χ3v) is 4.62. The molecule has 6 heteroatoms. The number of hydrogen-bond acceptors (Lipinski definition) is 2. The first-order chi connectivity index (χ1) is 11.5. The molecule has 2 aromatic rings. The summed E-state index contributed by atoms with van der Waals surface area (Å²) in [6.07, 6.45) is -0.131. The predicted octanol–water partition coefficient (Wildman–Crippen LogP) is 4.28. The van der Waals surface area contributed by atoms with Gasteiger partial charge in [-0.2, -0.15) is 0 Å². The van der Waals surface area contributed by atoms with Crippen LogP contribution in [0.1, 0.15) is 17.2 Å². The van der Waals surface area contributed by atoms with Gasteiger partial charge in [-0.15, -0.1) is 0 Å². The van der Waals surface area contributed by atoms with Crippen LogP contribution in [0.5, 0.6) is 0 Å². The maximum Gasteiger partial charge on any atom is 0.227 e. The van der Waals surface area contributed by atoms with Crippen LogP contribution in [0.15, 0.2) is 42.5 Å². The predicted molar refractivity (Wildman–Crippen MR) is 91.8 cm³/mol. The van der Waals surface area contributed by atoms with Crippen molar-refractivity contribution < 1.29 is 13.9 Å².